The Balaban J connectivity index is 2.45. The van der Waals surface area contributed by atoms with Gasteiger partial charge in [-0.25, -0.2) is 0 Å². The molecule has 1 aromatic rings. The number of nitrogens with two attached hydrogens (primary N) is 1. The number of carbonyl (C=O) groups excluding carboxylic acids is 1. The predicted octanol–water partition coefficient (Wildman–Crippen LogP) is 0.624. The maximum atomic E-state index is 11.6. The third-order valence-corrected chi connectivity index (χ3v) is 2.36. The monoisotopic (exact) mass is 268 g/mol. The van der Waals surface area contributed by atoms with E-state index in [1.165, 1.54) is 7.11 Å². The first-order valence-corrected chi connectivity index (χ1v) is 5.94. The fourth-order valence-corrected chi connectivity index (χ4v) is 1.37. The summed E-state index contributed by atoms with van der Waals surface area (Å²) >= 11 is 0. The number of hydrogen-bond acceptors (Lipinski definition) is 5. The standard InChI is InChI=1S/C13H20N2O4/c1-17-7-8-19-11-5-3-10(4-6-11)15-13(16)12(14)9-18-2/h3-6,12H,7-9,14H2,1-2H3,(H,15,16). The Morgan fingerprint density at radius 1 is 1.21 bits per heavy atom. The quantitative estimate of drug-likeness (QED) is 0.675. The summed E-state index contributed by atoms with van der Waals surface area (Å²) in [5.41, 5.74) is 6.27. The van der Waals surface area contributed by atoms with Crippen LogP contribution >= 0.6 is 0 Å². The SMILES string of the molecule is COCCOc1ccc(NC(=O)C(N)COC)cc1. The Morgan fingerprint density at radius 3 is 2.47 bits per heavy atom. The van der Waals surface area contributed by atoms with Gasteiger partial charge in [-0.05, 0) is 24.3 Å². The molecule has 0 fully saturated rings. The molecule has 1 amide bonds. The number of amides is 1. The van der Waals surface area contributed by atoms with Gasteiger partial charge in [-0.2, -0.15) is 0 Å². The molecule has 1 rings (SSSR count). The van der Waals surface area contributed by atoms with Gasteiger partial charge in [0.25, 0.3) is 0 Å². The summed E-state index contributed by atoms with van der Waals surface area (Å²) < 4.78 is 15.1. The van der Waals surface area contributed by atoms with Crippen LogP contribution in [0.15, 0.2) is 24.3 Å². The van der Waals surface area contributed by atoms with Crippen molar-refractivity contribution in [3.8, 4) is 5.75 Å². The molecule has 3 N–H and O–H groups in total. The Kier molecular flexibility index (Phi) is 6.88. The molecule has 0 radical (unpaired) electrons. The molecule has 0 saturated heterocycles. The Hall–Kier alpha value is -1.63. The molecule has 19 heavy (non-hydrogen) atoms. The van der Waals surface area contributed by atoms with Crippen LogP contribution in [0.4, 0.5) is 5.69 Å². The van der Waals surface area contributed by atoms with Crippen molar-refractivity contribution in [2.24, 2.45) is 5.73 Å². The Bertz CT molecular complexity index is 381. The fourth-order valence-electron chi connectivity index (χ4n) is 1.37. The predicted molar refractivity (Wildman–Crippen MR) is 72.3 cm³/mol. The van der Waals surface area contributed by atoms with Crippen molar-refractivity contribution in [1.82, 2.24) is 0 Å². The van der Waals surface area contributed by atoms with Crippen molar-refractivity contribution >= 4 is 11.6 Å². The average Bonchev–Trinajstić information content (AvgIpc) is 2.41. The van der Waals surface area contributed by atoms with Crippen LogP contribution in [0.2, 0.25) is 0 Å². The molecule has 1 unspecified atom stereocenters. The lowest BCUT2D eigenvalue weighted by Gasteiger charge is -2.11. The molecule has 0 aromatic heterocycles. The second-order valence-corrected chi connectivity index (χ2v) is 3.92. The molecule has 0 spiro atoms. The normalized spacial score (nSPS) is 11.9. The third kappa shape index (κ3) is 5.69. The first-order valence-electron chi connectivity index (χ1n) is 5.94. The van der Waals surface area contributed by atoms with Crippen molar-refractivity contribution in [1.29, 1.82) is 0 Å². The molecule has 0 heterocycles. The fraction of sp³-hybridized carbons (Fsp3) is 0.462. The number of nitrogens with one attached hydrogen (secondary N) is 1. The van der Waals surface area contributed by atoms with E-state index in [4.69, 9.17) is 19.9 Å². The van der Waals surface area contributed by atoms with E-state index >= 15 is 0 Å². The van der Waals surface area contributed by atoms with E-state index in [-0.39, 0.29) is 12.5 Å². The second-order valence-electron chi connectivity index (χ2n) is 3.92. The topological polar surface area (TPSA) is 82.8 Å². The van der Waals surface area contributed by atoms with Gasteiger partial charge in [0, 0.05) is 19.9 Å². The number of methoxy groups -OCH3 is 2. The molecule has 106 valence electrons. The minimum atomic E-state index is -0.678. The highest BCUT2D eigenvalue weighted by Gasteiger charge is 2.12. The lowest BCUT2D eigenvalue weighted by atomic mass is 10.2. The lowest BCUT2D eigenvalue weighted by Crippen LogP contribution is -2.39. The summed E-state index contributed by atoms with van der Waals surface area (Å²) in [4.78, 5) is 11.6. The van der Waals surface area contributed by atoms with Gasteiger partial charge in [-0.3, -0.25) is 4.79 Å². The van der Waals surface area contributed by atoms with Crippen LogP contribution in [-0.2, 0) is 14.3 Å². The summed E-state index contributed by atoms with van der Waals surface area (Å²) in [5.74, 6) is 0.436. The molecule has 1 aromatic carbocycles. The summed E-state index contributed by atoms with van der Waals surface area (Å²) in [6, 6.07) is 6.36. The number of ether oxygens (including phenoxy) is 3. The minimum Gasteiger partial charge on any atom is -0.491 e. The van der Waals surface area contributed by atoms with E-state index in [0.717, 1.165) is 5.75 Å². The zero-order valence-corrected chi connectivity index (χ0v) is 11.2. The molecule has 1 atom stereocenters. The van der Waals surface area contributed by atoms with E-state index in [2.05, 4.69) is 5.32 Å². The van der Waals surface area contributed by atoms with Crippen molar-refractivity contribution < 1.29 is 19.0 Å². The van der Waals surface area contributed by atoms with Crippen LogP contribution < -0.4 is 15.8 Å². The lowest BCUT2D eigenvalue weighted by molar-refractivity contribution is -0.118. The van der Waals surface area contributed by atoms with E-state index in [0.29, 0.717) is 18.9 Å². The van der Waals surface area contributed by atoms with Crippen LogP contribution in [0.3, 0.4) is 0 Å². The van der Waals surface area contributed by atoms with Gasteiger partial charge in [0.2, 0.25) is 5.91 Å². The zero-order valence-electron chi connectivity index (χ0n) is 11.2. The van der Waals surface area contributed by atoms with Gasteiger partial charge in [0.1, 0.15) is 18.4 Å². The summed E-state index contributed by atoms with van der Waals surface area (Å²) in [6.45, 7) is 1.20. The van der Waals surface area contributed by atoms with Crippen LogP contribution in [0.25, 0.3) is 0 Å². The summed E-state index contributed by atoms with van der Waals surface area (Å²) in [7, 11) is 3.12. The average molecular weight is 268 g/mol. The van der Waals surface area contributed by atoms with E-state index in [9.17, 15) is 4.79 Å². The second kappa shape index (κ2) is 8.47. The number of rotatable bonds is 8. The van der Waals surface area contributed by atoms with Gasteiger partial charge >= 0.3 is 0 Å². The largest absolute Gasteiger partial charge is 0.491 e. The van der Waals surface area contributed by atoms with Crippen molar-refractivity contribution in [3.05, 3.63) is 24.3 Å². The molecule has 0 aliphatic carbocycles. The molecule has 0 bridgehead atoms. The maximum Gasteiger partial charge on any atom is 0.243 e. The number of carbonyl (C=O) groups is 1. The molecule has 0 aliphatic heterocycles. The molecular formula is C13H20N2O4. The minimum absolute atomic E-state index is 0.185. The highest BCUT2D eigenvalue weighted by atomic mass is 16.5. The first kappa shape index (κ1) is 15.4. The van der Waals surface area contributed by atoms with E-state index < -0.39 is 6.04 Å². The van der Waals surface area contributed by atoms with E-state index in [1.54, 1.807) is 31.4 Å². The Labute approximate surface area is 112 Å². The zero-order chi connectivity index (χ0) is 14.1. The molecule has 6 nitrogen and oxygen atoms in total. The maximum absolute atomic E-state index is 11.6. The van der Waals surface area contributed by atoms with Gasteiger partial charge < -0.3 is 25.3 Å². The van der Waals surface area contributed by atoms with Crippen molar-refractivity contribution in [3.63, 3.8) is 0 Å². The summed E-state index contributed by atoms with van der Waals surface area (Å²) in [6.07, 6.45) is 0. The molecule has 6 heteroatoms. The van der Waals surface area contributed by atoms with Crippen molar-refractivity contribution in [2.45, 2.75) is 6.04 Å². The Morgan fingerprint density at radius 2 is 1.89 bits per heavy atom. The highest BCUT2D eigenvalue weighted by molar-refractivity contribution is 5.94. The number of anilines is 1. The number of benzene rings is 1. The van der Waals surface area contributed by atoms with Crippen molar-refractivity contribution in [2.75, 3.05) is 39.4 Å². The molecule has 0 saturated carbocycles. The summed E-state index contributed by atoms with van der Waals surface area (Å²) in [5, 5.41) is 2.70. The van der Waals surface area contributed by atoms with Gasteiger partial charge in [0.05, 0.1) is 13.2 Å². The van der Waals surface area contributed by atoms with Crippen LogP contribution in [-0.4, -0.2) is 46.0 Å². The van der Waals surface area contributed by atoms with Gasteiger partial charge in [-0.15, -0.1) is 0 Å². The van der Waals surface area contributed by atoms with Crippen LogP contribution in [0.5, 0.6) is 5.75 Å². The molecular weight excluding hydrogens is 248 g/mol. The molecule has 0 aliphatic rings. The van der Waals surface area contributed by atoms with Gasteiger partial charge in [0.15, 0.2) is 0 Å². The first-order chi connectivity index (χ1) is 9.17. The van der Waals surface area contributed by atoms with Crippen LogP contribution in [0, 0.1) is 0 Å². The smallest absolute Gasteiger partial charge is 0.243 e. The van der Waals surface area contributed by atoms with Gasteiger partial charge in [-0.1, -0.05) is 0 Å². The third-order valence-electron chi connectivity index (χ3n) is 2.36. The van der Waals surface area contributed by atoms with E-state index in [1.807, 2.05) is 0 Å². The number of hydrogen-bond donors (Lipinski definition) is 2. The van der Waals surface area contributed by atoms with Crippen LogP contribution in [0.1, 0.15) is 0 Å². The highest BCUT2D eigenvalue weighted by Crippen LogP contribution is 2.15.